The topological polar surface area (TPSA) is 0 Å². The molecule has 8 aromatic rings. The Bertz CT molecular complexity index is 1830. The maximum absolute atomic E-state index is 2.30. The maximum Gasteiger partial charge on any atom is 2.00 e. The quantitative estimate of drug-likeness (QED) is 0.121. The molecular weight excluding hydrogens is 658 g/mol. The minimum Gasteiger partial charge on any atom is -0.168 e. The molecule has 0 saturated carbocycles. The Hall–Kier alpha value is -3.72. The monoisotopic (exact) mass is 688 g/mol. The van der Waals surface area contributed by atoms with Gasteiger partial charge in [-0.3, -0.25) is 0 Å². The fraction of sp³-hybridized carbons (Fsp3) is 0. The van der Waals surface area contributed by atoms with Crippen molar-refractivity contribution < 1.29 is 26.2 Å². The van der Waals surface area contributed by atoms with Crippen molar-refractivity contribution in [2.45, 2.75) is 0 Å². The summed E-state index contributed by atoms with van der Waals surface area (Å²) in [6.07, 6.45) is 0. The van der Waals surface area contributed by atoms with E-state index >= 15 is 0 Å². The van der Waals surface area contributed by atoms with Gasteiger partial charge in [-0.25, -0.2) is 0 Å². The predicted molar refractivity (Wildman–Crippen MR) is 196 cm³/mol. The van der Waals surface area contributed by atoms with Gasteiger partial charge >= 0.3 is 26.2 Å². The maximum atomic E-state index is 2.30. The van der Waals surface area contributed by atoms with Gasteiger partial charge in [0.15, 0.2) is 0 Å². The first-order valence-corrected chi connectivity index (χ1v) is 17.6. The first kappa shape index (κ1) is 31.3. The van der Waals surface area contributed by atoms with Crippen LogP contribution in [0.4, 0.5) is 0 Å². The molecule has 3 heteroatoms. The van der Waals surface area contributed by atoms with Crippen molar-refractivity contribution in [1.29, 1.82) is 0 Å². The molecule has 0 bridgehead atoms. The summed E-state index contributed by atoms with van der Waals surface area (Å²) in [5.74, 6) is 0. The second kappa shape index (κ2) is 15.0. The van der Waals surface area contributed by atoms with E-state index in [2.05, 4.69) is 194 Å². The molecule has 0 atom stereocenters. The van der Waals surface area contributed by atoms with Crippen LogP contribution < -0.4 is 31.8 Å². The third kappa shape index (κ3) is 6.93. The number of benzene rings is 6. The van der Waals surface area contributed by atoms with Crippen molar-refractivity contribution in [2.75, 3.05) is 0 Å². The van der Waals surface area contributed by atoms with Crippen LogP contribution in [-0.4, -0.2) is 0 Å². The molecule has 0 fully saturated rings. The second-order valence-corrected chi connectivity index (χ2v) is 15.0. The van der Waals surface area contributed by atoms with Gasteiger partial charge in [-0.2, -0.15) is 12.1 Å². The van der Waals surface area contributed by atoms with Gasteiger partial charge in [0.25, 0.3) is 0 Å². The molecule has 0 amide bonds. The van der Waals surface area contributed by atoms with Gasteiger partial charge in [-0.15, -0.1) is 70.1 Å². The minimum absolute atomic E-state index is 0. The second-order valence-electron chi connectivity index (χ2n) is 10.6. The summed E-state index contributed by atoms with van der Waals surface area (Å²) in [6.45, 7) is 0. The molecule has 8 aromatic carbocycles. The van der Waals surface area contributed by atoms with E-state index < -0.39 is 15.8 Å². The molecule has 0 aliphatic carbocycles. The molecule has 0 radical (unpaired) electrons. The third-order valence-electron chi connectivity index (χ3n) is 7.85. The van der Waals surface area contributed by atoms with Gasteiger partial charge in [-0.05, 0) is 21.2 Å². The summed E-state index contributed by atoms with van der Waals surface area (Å²) in [4.78, 5) is 0. The SMILES string of the molecule is [Zr+2].c1ccc(P(c2ccccc2)[c-]2ccc3ccccc32)cc1.c1ccc(P(c2ccccc2)[c-]2ccc3ccccc32)cc1. The van der Waals surface area contributed by atoms with E-state index in [-0.39, 0.29) is 26.2 Å². The minimum atomic E-state index is -0.509. The molecule has 214 valence electrons. The Morgan fingerprint density at radius 3 is 0.867 bits per heavy atom. The summed E-state index contributed by atoms with van der Waals surface area (Å²) in [5, 5.41) is 13.9. The van der Waals surface area contributed by atoms with Gasteiger partial charge in [0.2, 0.25) is 0 Å². The first-order chi connectivity index (χ1) is 21.9. The number of fused-ring (bicyclic) bond motifs is 2. The van der Waals surface area contributed by atoms with Crippen molar-refractivity contribution in [3.8, 4) is 0 Å². The molecule has 0 aromatic heterocycles. The van der Waals surface area contributed by atoms with E-state index in [0.29, 0.717) is 0 Å². The van der Waals surface area contributed by atoms with Crippen molar-refractivity contribution >= 4 is 69.2 Å². The van der Waals surface area contributed by atoms with Crippen molar-refractivity contribution in [1.82, 2.24) is 0 Å². The van der Waals surface area contributed by atoms with E-state index in [9.17, 15) is 0 Å². The van der Waals surface area contributed by atoms with Crippen LogP contribution in [0, 0.1) is 0 Å². The van der Waals surface area contributed by atoms with E-state index in [0.717, 1.165) is 0 Å². The normalized spacial score (nSPS) is 10.9. The summed E-state index contributed by atoms with van der Waals surface area (Å²) in [7, 11) is -1.02. The fourth-order valence-electron chi connectivity index (χ4n) is 5.82. The molecule has 0 unspecified atom stereocenters. The molecular formula is C42H32P2Zr. The molecule has 0 N–H and O–H groups in total. The first-order valence-electron chi connectivity index (χ1n) is 15.0. The molecule has 8 rings (SSSR count). The smallest absolute Gasteiger partial charge is 0.168 e. The summed E-state index contributed by atoms with van der Waals surface area (Å²) in [5.41, 5.74) is 0. The molecule has 0 saturated heterocycles. The Kier molecular flexibility index (Phi) is 10.5. The summed E-state index contributed by atoms with van der Waals surface area (Å²) < 4.78 is 0. The van der Waals surface area contributed by atoms with E-state index in [1.807, 2.05) is 0 Å². The molecule has 0 aliphatic rings. The van der Waals surface area contributed by atoms with Gasteiger partial charge in [0.1, 0.15) is 0 Å². The van der Waals surface area contributed by atoms with Gasteiger partial charge in [0.05, 0.1) is 0 Å². The Balaban J connectivity index is 0.000000155. The van der Waals surface area contributed by atoms with Crippen molar-refractivity contribution in [3.05, 3.63) is 194 Å². The van der Waals surface area contributed by atoms with E-state index in [1.54, 1.807) is 0 Å². The van der Waals surface area contributed by atoms with Crippen molar-refractivity contribution in [2.24, 2.45) is 0 Å². The largest absolute Gasteiger partial charge is 2.00 e. The van der Waals surface area contributed by atoms with Crippen LogP contribution in [0.2, 0.25) is 0 Å². The molecule has 45 heavy (non-hydrogen) atoms. The Labute approximate surface area is 287 Å². The fourth-order valence-corrected chi connectivity index (χ4v) is 10.7. The summed E-state index contributed by atoms with van der Waals surface area (Å²) in [6, 6.07) is 69.9. The third-order valence-corrected chi connectivity index (χ3v) is 12.9. The molecule has 0 aliphatic heterocycles. The van der Waals surface area contributed by atoms with Crippen LogP contribution in [-0.2, 0) is 26.2 Å². The summed E-state index contributed by atoms with van der Waals surface area (Å²) >= 11 is 0. The zero-order chi connectivity index (χ0) is 29.6. The van der Waals surface area contributed by atoms with Crippen LogP contribution in [0.15, 0.2) is 194 Å². The van der Waals surface area contributed by atoms with Crippen LogP contribution in [0.25, 0.3) is 21.5 Å². The van der Waals surface area contributed by atoms with E-state index in [4.69, 9.17) is 0 Å². The van der Waals surface area contributed by atoms with Crippen LogP contribution >= 0.6 is 15.8 Å². The average Bonchev–Trinajstić information content (AvgIpc) is 3.72. The van der Waals surface area contributed by atoms with Crippen LogP contribution in [0.1, 0.15) is 0 Å². The van der Waals surface area contributed by atoms with Crippen LogP contribution in [0.3, 0.4) is 0 Å². The van der Waals surface area contributed by atoms with Gasteiger partial charge in [0, 0.05) is 0 Å². The Morgan fingerprint density at radius 1 is 0.289 bits per heavy atom. The standard InChI is InChI=1S/2C21H16P.Zr/c2*1-3-10-18(11-4-1)22(19-12-5-2-6-13-19)21-16-15-17-9-7-8-14-20(17)21;/h2*1-16H;/q2*-1;+2. The Morgan fingerprint density at radius 2 is 0.556 bits per heavy atom. The number of hydrogen-bond acceptors (Lipinski definition) is 0. The van der Waals surface area contributed by atoms with Crippen LogP contribution in [0.5, 0.6) is 0 Å². The van der Waals surface area contributed by atoms with Gasteiger partial charge in [-0.1, -0.05) is 160 Å². The molecule has 0 heterocycles. The van der Waals surface area contributed by atoms with Gasteiger partial charge < -0.3 is 0 Å². The number of hydrogen-bond donors (Lipinski definition) is 0. The van der Waals surface area contributed by atoms with E-state index in [1.165, 1.54) is 53.4 Å². The number of rotatable bonds is 6. The molecule has 0 spiro atoms. The van der Waals surface area contributed by atoms with Crippen molar-refractivity contribution in [3.63, 3.8) is 0 Å². The molecule has 0 nitrogen and oxygen atoms in total. The predicted octanol–water partition coefficient (Wildman–Crippen LogP) is 8.63. The average molecular weight is 690 g/mol. The zero-order valence-corrected chi connectivity index (χ0v) is 29.1. The zero-order valence-electron chi connectivity index (χ0n) is 24.9.